The highest BCUT2D eigenvalue weighted by Crippen LogP contribution is 2.53. The topological polar surface area (TPSA) is 102 Å². The van der Waals surface area contributed by atoms with E-state index < -0.39 is 5.97 Å². The van der Waals surface area contributed by atoms with Gasteiger partial charge in [-0.3, -0.25) is 9.69 Å². The van der Waals surface area contributed by atoms with Gasteiger partial charge in [0.25, 0.3) is 0 Å². The van der Waals surface area contributed by atoms with E-state index in [9.17, 15) is 19.5 Å². The summed E-state index contributed by atoms with van der Waals surface area (Å²) in [7, 11) is 0. The first-order valence-corrected chi connectivity index (χ1v) is 12.3. The third kappa shape index (κ3) is 4.42. The molecule has 0 aromatic carbocycles. The number of hydrogen-bond acceptors (Lipinski definition) is 7. The summed E-state index contributed by atoms with van der Waals surface area (Å²) >= 11 is 1.65. The van der Waals surface area contributed by atoms with Crippen molar-refractivity contribution >= 4 is 29.4 Å². The standard InChI is InChI=1S/C22H34N4O4S/c1-12(8-13(2)27)17-18-14(3)20(19(22(29)30)26(18)21(17)28)31-16-9-15(24-10-16)11-25-6-4-23-5-7-25/h12,14-18,23-24H,4-11H2,1-3H3,(H,29,30)/t12-,14+,15-,16-,17+,18+/m0/s1. The van der Waals surface area contributed by atoms with E-state index in [1.807, 2.05) is 13.8 Å². The van der Waals surface area contributed by atoms with Gasteiger partial charge in [0.05, 0.1) is 12.0 Å². The van der Waals surface area contributed by atoms with Crippen molar-refractivity contribution in [3.05, 3.63) is 10.6 Å². The molecule has 0 aliphatic carbocycles. The van der Waals surface area contributed by atoms with Crippen LogP contribution in [0.1, 0.15) is 33.6 Å². The number of Topliss-reactive ketones (excluding diaryl/α,β-unsaturated/α-hetero) is 1. The number of carboxylic acids is 1. The molecule has 8 nitrogen and oxygen atoms in total. The minimum absolute atomic E-state index is 0.0135. The van der Waals surface area contributed by atoms with E-state index in [1.54, 1.807) is 18.7 Å². The summed E-state index contributed by atoms with van der Waals surface area (Å²) in [5.74, 6) is -1.44. The van der Waals surface area contributed by atoms with Crippen LogP contribution in [0.4, 0.5) is 0 Å². The Morgan fingerprint density at radius 1 is 1.29 bits per heavy atom. The number of thioether (sulfide) groups is 1. The highest BCUT2D eigenvalue weighted by atomic mass is 32.2. The lowest BCUT2D eigenvalue weighted by Gasteiger charge is -2.47. The normalized spacial score (nSPS) is 34.6. The summed E-state index contributed by atoms with van der Waals surface area (Å²) in [5.41, 5.74) is 0.171. The molecule has 3 N–H and O–H groups in total. The number of carboxylic acid groups (broad SMARTS) is 1. The Kier molecular flexibility index (Phi) is 6.76. The van der Waals surface area contributed by atoms with Crippen LogP contribution in [-0.2, 0) is 14.4 Å². The first-order valence-electron chi connectivity index (χ1n) is 11.4. The summed E-state index contributed by atoms with van der Waals surface area (Å²) < 4.78 is 0. The Hall–Kier alpha value is -1.42. The van der Waals surface area contributed by atoms with Gasteiger partial charge >= 0.3 is 5.97 Å². The molecule has 4 aliphatic heterocycles. The fourth-order valence-corrected chi connectivity index (χ4v) is 7.26. The molecular formula is C22H34N4O4S. The monoisotopic (exact) mass is 450 g/mol. The van der Waals surface area contributed by atoms with E-state index in [1.165, 1.54) is 4.90 Å². The van der Waals surface area contributed by atoms with Crippen LogP contribution in [0.3, 0.4) is 0 Å². The van der Waals surface area contributed by atoms with Gasteiger partial charge < -0.3 is 25.4 Å². The third-order valence-corrected chi connectivity index (χ3v) is 8.69. The minimum atomic E-state index is -1.02. The zero-order valence-corrected chi connectivity index (χ0v) is 19.4. The number of amides is 1. The number of nitrogens with one attached hydrogen (secondary N) is 2. The number of rotatable bonds is 8. The number of aliphatic carboxylic acids is 1. The second-order valence-electron chi connectivity index (χ2n) is 9.55. The minimum Gasteiger partial charge on any atom is -0.477 e. The molecule has 0 aromatic heterocycles. The summed E-state index contributed by atoms with van der Waals surface area (Å²) in [6.07, 6.45) is 1.36. The van der Waals surface area contributed by atoms with Gasteiger partial charge in [-0.15, -0.1) is 11.8 Å². The van der Waals surface area contributed by atoms with Crippen molar-refractivity contribution < 1.29 is 19.5 Å². The molecule has 4 rings (SSSR count). The van der Waals surface area contributed by atoms with Crippen LogP contribution in [-0.4, -0.2) is 89.2 Å². The average molecular weight is 451 g/mol. The summed E-state index contributed by atoms with van der Waals surface area (Å²) in [4.78, 5) is 41.3. The maximum atomic E-state index is 12.9. The van der Waals surface area contributed by atoms with Crippen molar-refractivity contribution in [2.24, 2.45) is 17.8 Å². The van der Waals surface area contributed by atoms with Crippen LogP contribution in [0, 0.1) is 17.8 Å². The lowest BCUT2D eigenvalue weighted by atomic mass is 9.73. The number of fused-ring (bicyclic) bond motifs is 1. The third-order valence-electron chi connectivity index (χ3n) is 7.18. The Labute approximate surface area is 188 Å². The Morgan fingerprint density at radius 2 is 2.00 bits per heavy atom. The molecule has 0 radical (unpaired) electrons. The van der Waals surface area contributed by atoms with Gasteiger partial charge in [-0.1, -0.05) is 13.8 Å². The highest BCUT2D eigenvalue weighted by molar-refractivity contribution is 8.03. The summed E-state index contributed by atoms with van der Waals surface area (Å²) in [5, 5.41) is 17.2. The molecular weight excluding hydrogens is 416 g/mol. The molecule has 4 aliphatic rings. The number of ketones is 1. The number of carbonyl (C=O) groups is 3. The second kappa shape index (κ2) is 9.21. The molecule has 3 saturated heterocycles. The van der Waals surface area contributed by atoms with E-state index in [0.717, 1.165) is 50.6 Å². The van der Waals surface area contributed by atoms with Gasteiger partial charge in [0.15, 0.2) is 0 Å². The van der Waals surface area contributed by atoms with Crippen LogP contribution in [0.25, 0.3) is 0 Å². The molecule has 172 valence electrons. The van der Waals surface area contributed by atoms with Crippen LogP contribution in [0.15, 0.2) is 10.6 Å². The molecule has 9 heteroatoms. The first-order chi connectivity index (χ1) is 14.8. The Morgan fingerprint density at radius 3 is 2.65 bits per heavy atom. The zero-order valence-electron chi connectivity index (χ0n) is 18.6. The van der Waals surface area contributed by atoms with E-state index in [4.69, 9.17) is 0 Å². The molecule has 0 saturated carbocycles. The predicted molar refractivity (Wildman–Crippen MR) is 120 cm³/mol. The molecule has 0 bridgehead atoms. The quantitative estimate of drug-likeness (QED) is 0.466. The fourth-order valence-electron chi connectivity index (χ4n) is 5.74. The largest absolute Gasteiger partial charge is 0.477 e. The molecule has 3 fully saturated rings. The SMILES string of the molecule is CC(=O)C[C@H](C)[C@H]1C(=O)N2C(C(=O)O)=C(S[C@@H]3CN[C@H](CN4CCNCC4)C3)[C@H](C)[C@H]12. The van der Waals surface area contributed by atoms with E-state index in [0.29, 0.717) is 17.7 Å². The zero-order chi connectivity index (χ0) is 22.3. The smallest absolute Gasteiger partial charge is 0.353 e. The van der Waals surface area contributed by atoms with Crippen LogP contribution in [0.2, 0.25) is 0 Å². The lowest BCUT2D eigenvalue weighted by Crippen LogP contribution is -2.62. The van der Waals surface area contributed by atoms with E-state index in [-0.39, 0.29) is 41.2 Å². The van der Waals surface area contributed by atoms with Crippen LogP contribution < -0.4 is 10.6 Å². The Balaban J connectivity index is 1.42. The van der Waals surface area contributed by atoms with Crippen molar-refractivity contribution in [2.75, 3.05) is 39.3 Å². The summed E-state index contributed by atoms with van der Waals surface area (Å²) in [6, 6.07) is 0.282. The maximum absolute atomic E-state index is 12.9. The highest BCUT2D eigenvalue weighted by Gasteiger charge is 2.60. The number of β-lactam (4-membered cyclic amide) rings is 1. The van der Waals surface area contributed by atoms with Gasteiger partial charge in [0, 0.05) is 67.8 Å². The van der Waals surface area contributed by atoms with Gasteiger partial charge in [-0.25, -0.2) is 4.79 Å². The fraction of sp³-hybridized carbons (Fsp3) is 0.773. The predicted octanol–water partition coefficient (Wildman–Crippen LogP) is 0.743. The average Bonchev–Trinajstić information content (AvgIpc) is 3.23. The van der Waals surface area contributed by atoms with Crippen LogP contribution in [0.5, 0.6) is 0 Å². The molecule has 4 heterocycles. The van der Waals surface area contributed by atoms with Gasteiger partial charge in [0.2, 0.25) is 5.91 Å². The van der Waals surface area contributed by atoms with Crippen molar-refractivity contribution in [1.29, 1.82) is 0 Å². The second-order valence-corrected chi connectivity index (χ2v) is 10.9. The van der Waals surface area contributed by atoms with Crippen molar-refractivity contribution in [3.8, 4) is 0 Å². The van der Waals surface area contributed by atoms with Crippen molar-refractivity contribution in [3.63, 3.8) is 0 Å². The number of nitrogens with zero attached hydrogens (tertiary/aromatic N) is 2. The molecule has 31 heavy (non-hydrogen) atoms. The van der Waals surface area contributed by atoms with E-state index >= 15 is 0 Å². The lowest BCUT2D eigenvalue weighted by molar-refractivity contribution is -0.160. The van der Waals surface area contributed by atoms with Crippen LogP contribution >= 0.6 is 11.8 Å². The van der Waals surface area contributed by atoms with Gasteiger partial charge in [-0.2, -0.15) is 0 Å². The van der Waals surface area contributed by atoms with Crippen molar-refractivity contribution in [2.45, 2.75) is 50.9 Å². The molecule has 0 aromatic rings. The van der Waals surface area contributed by atoms with Crippen molar-refractivity contribution in [1.82, 2.24) is 20.4 Å². The Bertz CT molecular complexity index is 781. The number of hydrogen-bond donors (Lipinski definition) is 3. The van der Waals surface area contributed by atoms with E-state index in [2.05, 4.69) is 15.5 Å². The molecule has 0 spiro atoms. The molecule has 0 unspecified atom stereocenters. The summed E-state index contributed by atoms with van der Waals surface area (Å²) in [6.45, 7) is 11.6. The first kappa shape index (κ1) is 22.8. The van der Waals surface area contributed by atoms with Gasteiger partial charge in [0.1, 0.15) is 11.5 Å². The van der Waals surface area contributed by atoms with Gasteiger partial charge in [-0.05, 0) is 19.3 Å². The maximum Gasteiger partial charge on any atom is 0.353 e. The number of piperazine rings is 1. The molecule has 1 amide bonds. The molecule has 6 atom stereocenters. The number of carbonyl (C=O) groups excluding carboxylic acids is 2.